The van der Waals surface area contributed by atoms with Crippen molar-refractivity contribution >= 4 is 11.8 Å². The minimum absolute atomic E-state index is 0.0482. The van der Waals surface area contributed by atoms with Gasteiger partial charge in [0.1, 0.15) is 30.5 Å². The summed E-state index contributed by atoms with van der Waals surface area (Å²) in [5, 5.41) is 39.5. The summed E-state index contributed by atoms with van der Waals surface area (Å²) in [6, 6.07) is 0. The van der Waals surface area contributed by atoms with Crippen molar-refractivity contribution in [2.45, 2.75) is 63.5 Å². The number of fused-ring (bicyclic) bond motifs is 3. The van der Waals surface area contributed by atoms with Gasteiger partial charge in [-0.2, -0.15) is 0 Å². The van der Waals surface area contributed by atoms with Crippen molar-refractivity contribution in [2.24, 2.45) is 11.8 Å². The highest BCUT2D eigenvalue weighted by atomic mass is 16.7. The lowest BCUT2D eigenvalue weighted by molar-refractivity contribution is -0.290. The molecule has 0 amide bonds. The Bertz CT molecular complexity index is 855. The molecule has 2 aliphatic carbocycles. The first-order valence-corrected chi connectivity index (χ1v) is 9.99. The van der Waals surface area contributed by atoms with Gasteiger partial charge in [0.15, 0.2) is 5.76 Å². The van der Waals surface area contributed by atoms with Gasteiger partial charge in [-0.25, -0.2) is 4.79 Å². The van der Waals surface area contributed by atoms with Gasteiger partial charge in [-0.15, -0.1) is 0 Å². The lowest BCUT2D eigenvalue weighted by Gasteiger charge is -2.39. The summed E-state index contributed by atoms with van der Waals surface area (Å²) < 4.78 is 16.6. The largest absolute Gasteiger partial charge is 0.458 e. The maximum atomic E-state index is 13.2. The van der Waals surface area contributed by atoms with Crippen LogP contribution in [-0.2, 0) is 23.8 Å². The maximum Gasteiger partial charge on any atom is 0.334 e. The summed E-state index contributed by atoms with van der Waals surface area (Å²) in [4.78, 5) is 25.3. The smallest absolute Gasteiger partial charge is 0.334 e. The van der Waals surface area contributed by atoms with Gasteiger partial charge >= 0.3 is 5.97 Å². The quantitative estimate of drug-likeness (QED) is 0.349. The number of aliphatic hydroxyl groups is 4. The molecule has 9 heteroatoms. The second-order valence-electron chi connectivity index (χ2n) is 8.37. The molecule has 2 heterocycles. The average Bonchev–Trinajstić information content (AvgIpc) is 3.06. The van der Waals surface area contributed by atoms with Crippen molar-refractivity contribution in [3.05, 3.63) is 34.6 Å². The lowest BCUT2D eigenvalue weighted by atomic mass is 9.83. The number of allylic oxidation sites excluding steroid dienone is 2. The minimum atomic E-state index is -1.63. The number of esters is 1. The highest BCUT2D eigenvalue weighted by Crippen LogP contribution is 2.49. The summed E-state index contributed by atoms with van der Waals surface area (Å²) in [6.07, 6.45) is -6.69. The van der Waals surface area contributed by atoms with E-state index in [1.54, 1.807) is 6.92 Å². The van der Waals surface area contributed by atoms with Gasteiger partial charge in [-0.05, 0) is 32.3 Å². The first-order valence-electron chi connectivity index (χ1n) is 9.99. The van der Waals surface area contributed by atoms with Gasteiger partial charge in [0.05, 0.1) is 12.5 Å². The Kier molecular flexibility index (Phi) is 5.36. The van der Waals surface area contributed by atoms with Crippen LogP contribution in [0.3, 0.4) is 0 Å². The average molecular weight is 422 g/mol. The standard InChI is InChI=1S/C21H26O9/c1-7-4-5-10-8(2)20(27)29-19(10)13-9(3)18(15(24)12(7)13)30-21-17(26)16(25)14(23)11(6-22)28-21/h10-11,13-14,16-17,19,21-23,25-26H,2,4-6H2,1,3H3/t10-,11+,13-,14+,16+,17+,19-,21-/m0/s1. The lowest BCUT2D eigenvalue weighted by Crippen LogP contribution is -2.59. The molecule has 9 nitrogen and oxygen atoms in total. The minimum Gasteiger partial charge on any atom is -0.458 e. The third-order valence-electron chi connectivity index (χ3n) is 6.64. The molecule has 2 saturated heterocycles. The summed E-state index contributed by atoms with van der Waals surface area (Å²) in [7, 11) is 0. The topological polar surface area (TPSA) is 143 Å². The van der Waals surface area contributed by atoms with Crippen LogP contribution in [0.4, 0.5) is 0 Å². The molecule has 0 aromatic heterocycles. The molecule has 0 spiro atoms. The molecule has 2 aliphatic heterocycles. The van der Waals surface area contributed by atoms with Crippen molar-refractivity contribution in [2.75, 3.05) is 6.61 Å². The third-order valence-corrected chi connectivity index (χ3v) is 6.64. The zero-order valence-corrected chi connectivity index (χ0v) is 16.8. The number of aliphatic hydroxyl groups excluding tert-OH is 4. The van der Waals surface area contributed by atoms with Crippen molar-refractivity contribution in [1.29, 1.82) is 0 Å². The highest BCUT2D eigenvalue weighted by molar-refractivity contribution is 6.12. The maximum absolute atomic E-state index is 13.2. The van der Waals surface area contributed by atoms with Crippen molar-refractivity contribution < 1.29 is 44.2 Å². The summed E-state index contributed by atoms with van der Waals surface area (Å²) in [5.74, 6) is -1.60. The Morgan fingerprint density at radius 3 is 2.50 bits per heavy atom. The van der Waals surface area contributed by atoms with E-state index in [-0.39, 0.29) is 17.5 Å². The van der Waals surface area contributed by atoms with Crippen molar-refractivity contribution in [3.63, 3.8) is 0 Å². The van der Waals surface area contributed by atoms with Gasteiger partial charge < -0.3 is 34.6 Å². The Labute approximate surface area is 173 Å². The molecule has 4 N–H and O–H groups in total. The highest BCUT2D eigenvalue weighted by Gasteiger charge is 2.53. The molecular weight excluding hydrogens is 396 g/mol. The first-order chi connectivity index (χ1) is 14.2. The van der Waals surface area contributed by atoms with Gasteiger partial charge in [0.25, 0.3) is 0 Å². The van der Waals surface area contributed by atoms with E-state index in [4.69, 9.17) is 14.2 Å². The van der Waals surface area contributed by atoms with Crippen LogP contribution in [0.25, 0.3) is 0 Å². The first kappa shape index (κ1) is 21.2. The fourth-order valence-corrected chi connectivity index (χ4v) is 4.87. The van der Waals surface area contributed by atoms with Gasteiger partial charge in [-0.1, -0.05) is 12.2 Å². The van der Waals surface area contributed by atoms with Crippen molar-refractivity contribution in [3.8, 4) is 0 Å². The molecule has 0 radical (unpaired) electrons. The van der Waals surface area contributed by atoms with Crippen molar-refractivity contribution in [1.82, 2.24) is 0 Å². The zero-order valence-electron chi connectivity index (χ0n) is 16.8. The van der Waals surface area contributed by atoms with Crippen LogP contribution in [0.15, 0.2) is 34.6 Å². The Balaban J connectivity index is 1.67. The number of ketones is 1. The van der Waals surface area contributed by atoms with E-state index >= 15 is 0 Å². The number of hydrogen-bond acceptors (Lipinski definition) is 9. The predicted octanol–water partition coefficient (Wildman–Crippen LogP) is -0.516. The van der Waals surface area contributed by atoms with E-state index < -0.39 is 55.3 Å². The molecule has 164 valence electrons. The van der Waals surface area contributed by atoms with Gasteiger partial charge in [0, 0.05) is 17.1 Å². The molecule has 4 rings (SSSR count). The fourth-order valence-electron chi connectivity index (χ4n) is 4.87. The molecule has 0 unspecified atom stereocenters. The zero-order chi connectivity index (χ0) is 21.9. The number of hydrogen-bond donors (Lipinski definition) is 4. The van der Waals surface area contributed by atoms with E-state index in [0.29, 0.717) is 29.6 Å². The normalized spacial score (nSPS) is 41.6. The van der Waals surface area contributed by atoms with Crippen LogP contribution >= 0.6 is 0 Å². The monoisotopic (exact) mass is 422 g/mol. The SMILES string of the molecule is C=C1C(=O)O[C@@H]2[C@H]3C(C)=C(O[C@@H]4O[C@H](CO)[C@@H](O)[C@@H](O)[C@H]4O)C(=O)C3=C(C)CC[C@@H]12. The number of ether oxygens (including phenoxy) is 3. The molecule has 8 atom stereocenters. The number of carbonyl (C=O) groups excluding carboxylic acids is 2. The molecule has 0 bridgehead atoms. The Morgan fingerprint density at radius 2 is 1.83 bits per heavy atom. The fraction of sp³-hybridized carbons (Fsp3) is 0.619. The molecule has 0 aromatic rings. The molecule has 30 heavy (non-hydrogen) atoms. The molecular formula is C21H26O9. The second-order valence-corrected chi connectivity index (χ2v) is 8.37. The van der Waals surface area contributed by atoms with E-state index in [1.165, 1.54) is 0 Å². The van der Waals surface area contributed by atoms with Gasteiger partial charge in [-0.3, -0.25) is 4.79 Å². The third kappa shape index (κ3) is 3.04. The van der Waals surface area contributed by atoms with Gasteiger partial charge in [0.2, 0.25) is 12.1 Å². The summed E-state index contributed by atoms with van der Waals surface area (Å²) in [5.41, 5.74) is 2.31. The van der Waals surface area contributed by atoms with E-state index in [0.717, 1.165) is 5.57 Å². The Morgan fingerprint density at radius 1 is 1.13 bits per heavy atom. The van der Waals surface area contributed by atoms with Crippen LogP contribution in [0, 0.1) is 11.8 Å². The molecule has 0 aromatic carbocycles. The number of carbonyl (C=O) groups is 2. The van der Waals surface area contributed by atoms with E-state index in [2.05, 4.69) is 6.58 Å². The predicted molar refractivity (Wildman–Crippen MR) is 100 cm³/mol. The van der Waals surface area contributed by atoms with Crippen LogP contribution < -0.4 is 0 Å². The van der Waals surface area contributed by atoms with Crippen LogP contribution in [0.2, 0.25) is 0 Å². The van der Waals surface area contributed by atoms with Crippen LogP contribution in [0.5, 0.6) is 0 Å². The number of rotatable bonds is 3. The molecule has 2 fully saturated rings. The van der Waals surface area contributed by atoms with Crippen LogP contribution in [-0.4, -0.2) is 75.6 Å². The van der Waals surface area contributed by atoms with E-state index in [9.17, 15) is 30.0 Å². The Hall–Kier alpha value is -2.04. The van der Waals surface area contributed by atoms with E-state index in [1.807, 2.05) is 6.92 Å². The van der Waals surface area contributed by atoms with Crippen LogP contribution in [0.1, 0.15) is 26.7 Å². The summed E-state index contributed by atoms with van der Waals surface area (Å²) >= 11 is 0. The number of Topliss-reactive ketones (excluding diaryl/α,β-unsaturated/α-hetero) is 1. The second kappa shape index (κ2) is 7.58. The molecule has 0 saturated carbocycles. The summed E-state index contributed by atoms with van der Waals surface area (Å²) in [6.45, 7) is 6.79. The molecule has 4 aliphatic rings.